The molecule has 0 bridgehead atoms. The van der Waals surface area contributed by atoms with Crippen LogP contribution in [0.25, 0.3) is 0 Å². The molecule has 0 atom stereocenters. The molecule has 0 unspecified atom stereocenters. The summed E-state index contributed by atoms with van der Waals surface area (Å²) in [6, 6.07) is 3.42. The Morgan fingerprint density at radius 2 is 1.40 bits per heavy atom. The van der Waals surface area contributed by atoms with E-state index < -0.39 is 36.3 Å². The van der Waals surface area contributed by atoms with Gasteiger partial charge in [-0.2, -0.15) is 39.5 Å². The summed E-state index contributed by atoms with van der Waals surface area (Å²) in [5, 5.41) is 0. The van der Waals surface area contributed by atoms with E-state index in [1.165, 1.54) is 13.0 Å². The van der Waals surface area contributed by atoms with Crippen molar-refractivity contribution in [2.24, 2.45) is 5.41 Å². The third-order valence-corrected chi connectivity index (χ3v) is 8.30. The highest BCUT2D eigenvalue weighted by molar-refractivity contribution is 5.73. The van der Waals surface area contributed by atoms with E-state index in [0.717, 1.165) is 23.5 Å². The zero-order chi connectivity index (χ0) is 31.1. The third kappa shape index (κ3) is 7.35. The average Bonchev–Trinajstić information content (AvgIpc) is 3.30. The van der Waals surface area contributed by atoms with Crippen LogP contribution in [0.15, 0.2) is 18.2 Å². The van der Waals surface area contributed by atoms with Gasteiger partial charge in [-0.3, -0.25) is 9.69 Å². The van der Waals surface area contributed by atoms with Gasteiger partial charge in [-0.25, -0.2) is 4.79 Å². The van der Waals surface area contributed by atoms with Crippen LogP contribution in [0.4, 0.5) is 50.0 Å². The lowest BCUT2D eigenvalue weighted by atomic mass is 9.77. The van der Waals surface area contributed by atoms with Crippen LogP contribution in [-0.4, -0.2) is 97.5 Å². The van der Waals surface area contributed by atoms with Crippen LogP contribution in [0.3, 0.4) is 0 Å². The number of likely N-dealkylation sites (tertiary alicyclic amines) is 1. The lowest BCUT2D eigenvalue weighted by Crippen LogP contribution is -2.52. The first kappa shape index (κ1) is 32.0. The van der Waals surface area contributed by atoms with E-state index in [4.69, 9.17) is 0 Å². The number of hydrogen-bond acceptors (Lipinski definition) is 5. The smallest absolute Gasteiger partial charge is 0.426 e. The maximum atomic E-state index is 13.6. The number of hydrogen-bond donors (Lipinski definition) is 0. The summed E-state index contributed by atoms with van der Waals surface area (Å²) in [5.41, 5.74) is 0.0651. The number of rotatable bonds is 4. The molecule has 7 nitrogen and oxygen atoms in total. The minimum absolute atomic E-state index is 0.0108. The second kappa shape index (κ2) is 11.6. The standard InChI is InChI=1S/C26H31F9N4O3/c1-17(40)39-9-6-23(16-39)4-7-37(8-5-23)20-14-19(24(27,28)29)3-2-18(20)15-36-10-12-38(13-11-36)22(41)42-21(25(30,31)32)26(33,34)35/h2-3,14,21H,4-13,15-16H2,1H3. The Morgan fingerprint density at radius 3 is 1.90 bits per heavy atom. The van der Waals surface area contributed by atoms with Crippen molar-refractivity contribution < 1.29 is 53.8 Å². The van der Waals surface area contributed by atoms with Gasteiger partial charge in [-0.15, -0.1) is 0 Å². The van der Waals surface area contributed by atoms with Crippen molar-refractivity contribution in [3.8, 4) is 0 Å². The Morgan fingerprint density at radius 1 is 0.833 bits per heavy atom. The number of amides is 2. The molecule has 3 fully saturated rings. The zero-order valence-corrected chi connectivity index (χ0v) is 22.7. The van der Waals surface area contributed by atoms with Gasteiger partial charge >= 0.3 is 24.6 Å². The normalized spacial score (nSPS) is 20.5. The minimum Gasteiger partial charge on any atom is -0.426 e. The predicted molar refractivity (Wildman–Crippen MR) is 131 cm³/mol. The Balaban J connectivity index is 1.41. The fourth-order valence-corrected chi connectivity index (χ4v) is 5.83. The highest BCUT2D eigenvalue weighted by Gasteiger charge is 2.60. The van der Waals surface area contributed by atoms with Gasteiger partial charge in [0.1, 0.15) is 0 Å². The van der Waals surface area contributed by atoms with Crippen LogP contribution in [0.5, 0.6) is 0 Å². The van der Waals surface area contributed by atoms with E-state index in [-0.39, 0.29) is 44.0 Å². The summed E-state index contributed by atoms with van der Waals surface area (Å²) in [5.74, 6) is -0.0108. The monoisotopic (exact) mass is 618 g/mol. The van der Waals surface area contributed by atoms with E-state index in [1.54, 1.807) is 9.80 Å². The minimum atomic E-state index is -5.83. The number of benzene rings is 1. The number of nitrogens with zero attached hydrogens (tertiary/aromatic N) is 4. The lowest BCUT2D eigenvalue weighted by molar-refractivity contribution is -0.308. The van der Waals surface area contributed by atoms with E-state index >= 15 is 0 Å². The van der Waals surface area contributed by atoms with Crippen LogP contribution in [0, 0.1) is 5.41 Å². The number of anilines is 1. The van der Waals surface area contributed by atoms with Gasteiger partial charge in [0.2, 0.25) is 5.91 Å². The van der Waals surface area contributed by atoms with Gasteiger partial charge in [0.25, 0.3) is 6.10 Å². The molecular formula is C26H31F9N4O3. The number of ether oxygens (including phenoxy) is 1. The van der Waals surface area contributed by atoms with Crippen molar-refractivity contribution in [3.63, 3.8) is 0 Å². The highest BCUT2D eigenvalue weighted by atomic mass is 19.4. The molecule has 1 aromatic carbocycles. The molecule has 16 heteroatoms. The molecule has 42 heavy (non-hydrogen) atoms. The number of piperidine rings is 1. The van der Waals surface area contributed by atoms with Gasteiger partial charge in [-0.1, -0.05) is 6.07 Å². The maximum absolute atomic E-state index is 13.6. The molecule has 1 aromatic rings. The Bertz CT molecular complexity index is 1130. The first-order chi connectivity index (χ1) is 19.4. The molecule has 0 radical (unpaired) electrons. The second-order valence-corrected chi connectivity index (χ2v) is 11.1. The lowest BCUT2D eigenvalue weighted by Gasteiger charge is -2.41. The average molecular weight is 619 g/mol. The molecule has 0 aliphatic carbocycles. The molecule has 3 aliphatic rings. The fourth-order valence-electron chi connectivity index (χ4n) is 5.83. The van der Waals surface area contributed by atoms with Crippen molar-refractivity contribution in [1.82, 2.24) is 14.7 Å². The van der Waals surface area contributed by atoms with E-state index in [2.05, 4.69) is 4.74 Å². The van der Waals surface area contributed by atoms with Crippen LogP contribution >= 0.6 is 0 Å². The van der Waals surface area contributed by atoms with Crippen molar-refractivity contribution in [3.05, 3.63) is 29.3 Å². The molecule has 3 heterocycles. The Kier molecular flexibility index (Phi) is 8.87. The van der Waals surface area contributed by atoms with Crippen LogP contribution < -0.4 is 4.90 Å². The highest BCUT2D eigenvalue weighted by Crippen LogP contribution is 2.43. The number of carbonyl (C=O) groups excluding carboxylic acids is 2. The predicted octanol–water partition coefficient (Wildman–Crippen LogP) is 5.29. The molecule has 236 valence electrons. The quantitative estimate of drug-likeness (QED) is 0.430. The van der Waals surface area contributed by atoms with Gasteiger partial charge in [0, 0.05) is 71.5 Å². The van der Waals surface area contributed by atoms with E-state index in [9.17, 15) is 49.1 Å². The van der Waals surface area contributed by atoms with Gasteiger partial charge < -0.3 is 19.4 Å². The van der Waals surface area contributed by atoms with Crippen LogP contribution in [-0.2, 0) is 22.3 Å². The second-order valence-electron chi connectivity index (χ2n) is 11.1. The van der Waals surface area contributed by atoms with Gasteiger partial charge in [-0.05, 0) is 42.4 Å². The van der Waals surface area contributed by atoms with Crippen molar-refractivity contribution in [2.45, 2.75) is 57.4 Å². The molecule has 3 saturated heterocycles. The van der Waals surface area contributed by atoms with E-state index in [0.29, 0.717) is 50.3 Å². The summed E-state index contributed by atoms with van der Waals surface area (Å²) in [6.07, 6.45) is -20.0. The molecular weight excluding hydrogens is 587 g/mol. The molecule has 4 rings (SSSR count). The van der Waals surface area contributed by atoms with Crippen molar-refractivity contribution >= 4 is 17.7 Å². The topological polar surface area (TPSA) is 56.3 Å². The Labute approximate surface area is 236 Å². The Hall–Kier alpha value is -2.91. The molecule has 0 saturated carbocycles. The first-order valence-electron chi connectivity index (χ1n) is 13.4. The third-order valence-electron chi connectivity index (χ3n) is 8.30. The first-order valence-corrected chi connectivity index (χ1v) is 13.4. The van der Waals surface area contributed by atoms with Crippen molar-refractivity contribution in [1.29, 1.82) is 0 Å². The number of alkyl halides is 9. The number of carbonyl (C=O) groups is 2. The summed E-state index contributed by atoms with van der Waals surface area (Å²) in [6.45, 7) is 3.56. The summed E-state index contributed by atoms with van der Waals surface area (Å²) < 4.78 is 121. The van der Waals surface area contributed by atoms with Crippen LogP contribution in [0.1, 0.15) is 37.3 Å². The summed E-state index contributed by atoms with van der Waals surface area (Å²) >= 11 is 0. The van der Waals surface area contributed by atoms with Crippen LogP contribution in [0.2, 0.25) is 0 Å². The maximum Gasteiger partial charge on any atom is 0.434 e. The summed E-state index contributed by atoms with van der Waals surface area (Å²) in [7, 11) is 0. The molecule has 1 spiro atoms. The number of piperazine rings is 1. The zero-order valence-electron chi connectivity index (χ0n) is 22.7. The molecule has 0 aromatic heterocycles. The largest absolute Gasteiger partial charge is 0.434 e. The summed E-state index contributed by atoms with van der Waals surface area (Å²) in [4.78, 5) is 30.0. The number of halogens is 9. The molecule has 0 N–H and O–H groups in total. The molecule has 3 aliphatic heterocycles. The van der Waals surface area contributed by atoms with Gasteiger partial charge in [0.15, 0.2) is 0 Å². The SMILES string of the molecule is CC(=O)N1CCC2(CCN(c3cc(C(F)(F)F)ccc3CN3CCN(C(=O)OC(C(F)(F)F)C(F)(F)F)CC3)CC2)C1. The molecule has 2 amide bonds. The van der Waals surface area contributed by atoms with Gasteiger partial charge in [0.05, 0.1) is 5.56 Å². The van der Waals surface area contributed by atoms with Crippen molar-refractivity contribution in [2.75, 3.05) is 57.3 Å². The van der Waals surface area contributed by atoms with E-state index in [1.807, 2.05) is 4.90 Å². The fraction of sp³-hybridized carbons (Fsp3) is 0.692.